The van der Waals surface area contributed by atoms with Crippen molar-refractivity contribution >= 4 is 86.8 Å². The van der Waals surface area contributed by atoms with Gasteiger partial charge in [-0.2, -0.15) is 0 Å². The summed E-state index contributed by atoms with van der Waals surface area (Å²) in [4.78, 5) is 5.22. The molecule has 0 saturated carbocycles. The summed E-state index contributed by atoms with van der Waals surface area (Å²) < 4.78 is 0. The SMILES string of the molecule is CC(C)c1ccc(N2c3cc(C(C)C)ccc3B3c4ccc(C(C)C)cc4N4c5ccc(C(C)C)cc5[B]c5c(-c6ccccc6Nc6ccccc6)cc2c3c54)cc1. The smallest absolute Gasteiger partial charge is 0.252 e. The van der Waals surface area contributed by atoms with Crippen LogP contribution in [0.15, 0.2) is 140 Å². The maximum atomic E-state index is 3.82. The zero-order valence-corrected chi connectivity index (χ0v) is 35.6. The van der Waals surface area contributed by atoms with Gasteiger partial charge in [-0.1, -0.05) is 151 Å². The molecular weight excluding hydrogens is 712 g/mol. The third-order valence-corrected chi connectivity index (χ3v) is 13.0. The maximum Gasteiger partial charge on any atom is 0.252 e. The molecule has 0 amide bonds. The molecular formula is C54H52B2N3. The van der Waals surface area contributed by atoms with Crippen molar-refractivity contribution in [2.24, 2.45) is 0 Å². The van der Waals surface area contributed by atoms with Gasteiger partial charge in [0.25, 0.3) is 6.71 Å². The second-order valence-corrected chi connectivity index (χ2v) is 18.1. The van der Waals surface area contributed by atoms with Crippen LogP contribution in [0.3, 0.4) is 0 Å². The van der Waals surface area contributed by atoms with Gasteiger partial charge in [0, 0.05) is 51.1 Å². The normalized spacial score (nSPS) is 13.4. The molecule has 3 heterocycles. The topological polar surface area (TPSA) is 18.5 Å². The molecule has 3 aliphatic heterocycles. The summed E-state index contributed by atoms with van der Waals surface area (Å²) in [5.74, 6) is 1.66. The number of hydrogen-bond acceptors (Lipinski definition) is 3. The van der Waals surface area contributed by atoms with Gasteiger partial charge in [0.2, 0.25) is 0 Å². The quantitative estimate of drug-likeness (QED) is 0.156. The van der Waals surface area contributed by atoms with E-state index in [0.717, 1.165) is 11.4 Å². The maximum absolute atomic E-state index is 3.82. The van der Waals surface area contributed by atoms with E-state index in [-0.39, 0.29) is 6.71 Å². The van der Waals surface area contributed by atoms with Gasteiger partial charge in [0.15, 0.2) is 7.28 Å². The third kappa shape index (κ3) is 6.12. The van der Waals surface area contributed by atoms with Crippen molar-refractivity contribution < 1.29 is 0 Å². The minimum atomic E-state index is 0.0604. The van der Waals surface area contributed by atoms with E-state index in [1.54, 1.807) is 0 Å². The molecule has 5 heteroatoms. The van der Waals surface area contributed by atoms with Crippen molar-refractivity contribution in [2.45, 2.75) is 79.1 Å². The molecule has 59 heavy (non-hydrogen) atoms. The zero-order valence-electron chi connectivity index (χ0n) is 35.6. The zero-order chi connectivity index (χ0) is 40.7. The standard InChI is InChI=1S/C54H52B2N3/c1-32(2)36-18-23-41(24-19-36)58-49-29-38(34(5)6)20-25-45(49)56-46-26-21-39(35(7)8)30-50(46)59-48-27-22-37(33(3)4)28-44(48)55-52-43(31-51(58)53(56)54(52)59)42-16-12-13-17-47(42)57-40-14-10-9-11-15-40/h9-35,57H,1-8H3. The number of benzene rings is 7. The van der Waals surface area contributed by atoms with E-state index in [1.807, 2.05) is 0 Å². The van der Waals surface area contributed by atoms with Crippen molar-refractivity contribution in [3.05, 3.63) is 162 Å². The van der Waals surface area contributed by atoms with Gasteiger partial charge in [-0.05, 0) is 122 Å². The highest BCUT2D eigenvalue weighted by Gasteiger charge is 2.47. The summed E-state index contributed by atoms with van der Waals surface area (Å²) in [7, 11) is 2.50. The Morgan fingerprint density at radius 2 is 1.03 bits per heavy atom. The first-order valence-electron chi connectivity index (χ1n) is 21.7. The summed E-state index contributed by atoms with van der Waals surface area (Å²) >= 11 is 0. The highest BCUT2D eigenvalue weighted by Crippen LogP contribution is 2.47. The monoisotopic (exact) mass is 764 g/mol. The number of rotatable bonds is 8. The molecule has 3 aliphatic rings. The molecule has 0 aromatic heterocycles. The highest BCUT2D eigenvalue weighted by atomic mass is 15.2. The van der Waals surface area contributed by atoms with Gasteiger partial charge in [0.1, 0.15) is 0 Å². The second kappa shape index (κ2) is 14.4. The average molecular weight is 765 g/mol. The fraction of sp³-hybridized carbons (Fsp3) is 0.222. The molecule has 0 fully saturated rings. The first-order valence-corrected chi connectivity index (χ1v) is 21.7. The Balaban J connectivity index is 1.34. The lowest BCUT2D eigenvalue weighted by Gasteiger charge is -2.48. The molecule has 10 rings (SSSR count). The van der Waals surface area contributed by atoms with E-state index >= 15 is 0 Å². The van der Waals surface area contributed by atoms with Crippen LogP contribution in [-0.2, 0) is 0 Å². The van der Waals surface area contributed by atoms with Crippen LogP contribution >= 0.6 is 0 Å². The number of anilines is 8. The van der Waals surface area contributed by atoms with Crippen LogP contribution in [0.25, 0.3) is 11.1 Å². The highest BCUT2D eigenvalue weighted by molar-refractivity contribution is 7.01. The summed E-state index contributed by atoms with van der Waals surface area (Å²) in [6, 6.07) is 53.1. The molecule has 0 saturated heterocycles. The molecule has 289 valence electrons. The van der Waals surface area contributed by atoms with E-state index in [2.05, 4.69) is 217 Å². The average Bonchev–Trinajstić information content (AvgIpc) is 3.24. The Morgan fingerprint density at radius 1 is 0.475 bits per heavy atom. The van der Waals surface area contributed by atoms with Crippen molar-refractivity contribution in [2.75, 3.05) is 15.1 Å². The van der Waals surface area contributed by atoms with Gasteiger partial charge < -0.3 is 15.1 Å². The number of nitrogens with zero attached hydrogens (tertiary/aromatic N) is 2. The minimum Gasteiger partial charge on any atom is -0.355 e. The Bertz CT molecular complexity index is 2740. The van der Waals surface area contributed by atoms with Crippen molar-refractivity contribution in [3.63, 3.8) is 0 Å². The predicted octanol–water partition coefficient (Wildman–Crippen LogP) is 11.6. The Kier molecular flexibility index (Phi) is 9.12. The molecule has 0 atom stereocenters. The molecule has 7 aromatic rings. The van der Waals surface area contributed by atoms with Gasteiger partial charge in [0.05, 0.1) is 0 Å². The second-order valence-electron chi connectivity index (χ2n) is 18.1. The van der Waals surface area contributed by atoms with Gasteiger partial charge in [-0.15, -0.1) is 0 Å². The minimum absolute atomic E-state index is 0.0604. The Morgan fingerprint density at radius 3 is 1.68 bits per heavy atom. The summed E-state index contributed by atoms with van der Waals surface area (Å²) in [5, 5.41) is 3.82. The van der Waals surface area contributed by atoms with Crippen LogP contribution in [-0.4, -0.2) is 14.0 Å². The fourth-order valence-corrected chi connectivity index (χ4v) is 9.66. The van der Waals surface area contributed by atoms with E-state index in [9.17, 15) is 0 Å². The Hall–Kier alpha value is -5.93. The Labute approximate surface area is 352 Å². The van der Waals surface area contributed by atoms with Crippen LogP contribution in [0.2, 0.25) is 0 Å². The number of para-hydroxylation sites is 2. The van der Waals surface area contributed by atoms with Crippen molar-refractivity contribution in [1.82, 2.24) is 0 Å². The van der Waals surface area contributed by atoms with Gasteiger partial charge in [-0.25, -0.2) is 0 Å². The third-order valence-electron chi connectivity index (χ3n) is 13.0. The lowest BCUT2D eigenvalue weighted by atomic mass is 9.32. The number of fused-ring (bicyclic) bond motifs is 7. The molecule has 0 aliphatic carbocycles. The molecule has 7 aromatic carbocycles. The van der Waals surface area contributed by atoms with Crippen LogP contribution in [0.4, 0.5) is 45.5 Å². The first kappa shape index (κ1) is 37.3. The molecule has 1 N–H and O–H groups in total. The van der Waals surface area contributed by atoms with Gasteiger partial charge >= 0.3 is 0 Å². The summed E-state index contributed by atoms with van der Waals surface area (Å²) in [6.45, 7) is 18.5. The van der Waals surface area contributed by atoms with E-state index in [1.165, 1.54) is 94.8 Å². The van der Waals surface area contributed by atoms with Crippen LogP contribution in [0.5, 0.6) is 0 Å². The molecule has 0 bridgehead atoms. The fourth-order valence-electron chi connectivity index (χ4n) is 9.66. The van der Waals surface area contributed by atoms with E-state index < -0.39 is 0 Å². The van der Waals surface area contributed by atoms with E-state index in [4.69, 9.17) is 0 Å². The summed E-state index contributed by atoms with van der Waals surface area (Å²) in [6.07, 6.45) is 0. The lowest BCUT2D eigenvalue weighted by molar-refractivity contribution is 0.865. The van der Waals surface area contributed by atoms with Crippen molar-refractivity contribution in [1.29, 1.82) is 0 Å². The largest absolute Gasteiger partial charge is 0.355 e. The van der Waals surface area contributed by atoms with Crippen LogP contribution in [0, 0.1) is 0 Å². The first-order chi connectivity index (χ1) is 28.6. The van der Waals surface area contributed by atoms with Crippen LogP contribution < -0.4 is 42.4 Å². The molecule has 1 radical (unpaired) electrons. The van der Waals surface area contributed by atoms with Gasteiger partial charge in [-0.3, -0.25) is 0 Å². The number of nitrogens with one attached hydrogen (secondary N) is 1. The van der Waals surface area contributed by atoms with Crippen molar-refractivity contribution in [3.8, 4) is 11.1 Å². The molecule has 3 nitrogen and oxygen atoms in total. The van der Waals surface area contributed by atoms with Crippen LogP contribution in [0.1, 0.15) is 101 Å². The molecule has 0 spiro atoms. The number of hydrogen-bond donors (Lipinski definition) is 1. The lowest BCUT2D eigenvalue weighted by Crippen LogP contribution is -2.64. The van der Waals surface area contributed by atoms with E-state index in [0.29, 0.717) is 23.7 Å². The predicted molar refractivity (Wildman–Crippen MR) is 257 cm³/mol. The summed E-state index contributed by atoms with van der Waals surface area (Å²) in [5.41, 5.74) is 24.1. The molecule has 0 unspecified atom stereocenters.